The first-order valence-corrected chi connectivity index (χ1v) is 5.33. The summed E-state index contributed by atoms with van der Waals surface area (Å²) >= 11 is 0. The Kier molecular flexibility index (Phi) is 2.70. The summed E-state index contributed by atoms with van der Waals surface area (Å²) in [4.78, 5) is 11.9. The van der Waals surface area contributed by atoms with E-state index in [-0.39, 0.29) is 12.6 Å². The van der Waals surface area contributed by atoms with Crippen LogP contribution in [0.4, 0.5) is 0 Å². The number of hydrogen-bond donors (Lipinski definition) is 2. The molecule has 2 heterocycles. The van der Waals surface area contributed by atoms with Gasteiger partial charge in [-0.25, -0.2) is 0 Å². The van der Waals surface area contributed by atoms with Crippen molar-refractivity contribution < 1.29 is 19.4 Å². The van der Waals surface area contributed by atoms with E-state index in [1.165, 1.54) is 0 Å². The van der Waals surface area contributed by atoms with Gasteiger partial charge in [0.25, 0.3) is 0 Å². The molecule has 5 heteroatoms. The second-order valence-corrected chi connectivity index (χ2v) is 4.24. The van der Waals surface area contributed by atoms with Crippen molar-refractivity contribution in [1.82, 2.24) is 5.32 Å². The highest BCUT2D eigenvalue weighted by atomic mass is 16.5. The molecule has 1 atom stereocenters. The maximum Gasteiger partial charge on any atom is 0.317 e. The summed E-state index contributed by atoms with van der Waals surface area (Å²) in [7, 11) is 0. The lowest BCUT2D eigenvalue weighted by molar-refractivity contribution is -0.183. The van der Waals surface area contributed by atoms with Gasteiger partial charge >= 0.3 is 5.97 Å². The summed E-state index contributed by atoms with van der Waals surface area (Å²) in [6, 6.07) is 0. The first-order chi connectivity index (χ1) is 7.15. The first kappa shape index (κ1) is 10.9. The Hall–Kier alpha value is -0.650. The standard InChI is InChI=1S/C10H17NO4/c1-2-15-8(12)9(3-4-14-7-9)10(13)5-11-6-10/h11,13H,2-7H2,1H3. The fraction of sp³-hybridized carbons (Fsp3) is 0.900. The van der Waals surface area contributed by atoms with Gasteiger partial charge in [-0.2, -0.15) is 0 Å². The van der Waals surface area contributed by atoms with Crippen molar-refractivity contribution in [2.24, 2.45) is 5.41 Å². The summed E-state index contributed by atoms with van der Waals surface area (Å²) < 4.78 is 10.3. The van der Waals surface area contributed by atoms with Gasteiger partial charge in [0.05, 0.1) is 13.2 Å². The number of aliphatic hydroxyl groups is 1. The average Bonchev–Trinajstić information content (AvgIpc) is 2.64. The van der Waals surface area contributed by atoms with Crippen molar-refractivity contribution in [3.05, 3.63) is 0 Å². The molecule has 0 spiro atoms. The van der Waals surface area contributed by atoms with E-state index >= 15 is 0 Å². The Morgan fingerprint density at radius 2 is 2.33 bits per heavy atom. The molecule has 5 nitrogen and oxygen atoms in total. The summed E-state index contributed by atoms with van der Waals surface area (Å²) in [6.45, 7) is 3.77. The fourth-order valence-corrected chi connectivity index (χ4v) is 2.25. The number of esters is 1. The molecule has 2 aliphatic heterocycles. The van der Waals surface area contributed by atoms with Crippen LogP contribution in [0.3, 0.4) is 0 Å². The zero-order valence-corrected chi connectivity index (χ0v) is 8.91. The number of rotatable bonds is 3. The Labute approximate surface area is 88.7 Å². The molecule has 86 valence electrons. The van der Waals surface area contributed by atoms with Gasteiger partial charge in [0.15, 0.2) is 0 Å². The largest absolute Gasteiger partial charge is 0.465 e. The molecular weight excluding hydrogens is 198 g/mol. The van der Waals surface area contributed by atoms with E-state index in [2.05, 4.69) is 5.32 Å². The monoisotopic (exact) mass is 215 g/mol. The van der Waals surface area contributed by atoms with Crippen molar-refractivity contribution in [3.8, 4) is 0 Å². The normalized spacial score (nSPS) is 33.5. The third-order valence-electron chi connectivity index (χ3n) is 3.41. The lowest BCUT2D eigenvalue weighted by Crippen LogP contribution is -2.71. The zero-order valence-electron chi connectivity index (χ0n) is 8.91. The van der Waals surface area contributed by atoms with E-state index in [4.69, 9.17) is 9.47 Å². The van der Waals surface area contributed by atoms with Gasteiger partial charge in [0.1, 0.15) is 11.0 Å². The number of carbonyl (C=O) groups excluding carboxylic acids is 1. The minimum atomic E-state index is -0.990. The van der Waals surface area contributed by atoms with Crippen LogP contribution in [-0.2, 0) is 14.3 Å². The molecule has 0 saturated carbocycles. The van der Waals surface area contributed by atoms with Crippen molar-refractivity contribution in [2.45, 2.75) is 18.9 Å². The number of nitrogens with one attached hydrogen (secondary N) is 1. The van der Waals surface area contributed by atoms with Gasteiger partial charge in [-0.1, -0.05) is 0 Å². The van der Waals surface area contributed by atoms with Crippen molar-refractivity contribution >= 4 is 5.97 Å². The maximum atomic E-state index is 11.9. The third-order valence-corrected chi connectivity index (χ3v) is 3.41. The van der Waals surface area contributed by atoms with Crippen LogP contribution in [0, 0.1) is 5.41 Å². The van der Waals surface area contributed by atoms with Crippen LogP contribution in [0.5, 0.6) is 0 Å². The minimum Gasteiger partial charge on any atom is -0.465 e. The van der Waals surface area contributed by atoms with E-state index in [0.29, 0.717) is 32.7 Å². The Bertz CT molecular complexity index is 256. The van der Waals surface area contributed by atoms with E-state index < -0.39 is 11.0 Å². The summed E-state index contributed by atoms with van der Waals surface area (Å²) in [5.41, 5.74) is -1.84. The average molecular weight is 215 g/mol. The Morgan fingerprint density at radius 1 is 1.60 bits per heavy atom. The SMILES string of the molecule is CCOC(=O)C1(C2(O)CNC2)CCOC1. The molecule has 2 N–H and O–H groups in total. The molecule has 0 aromatic carbocycles. The molecule has 2 saturated heterocycles. The van der Waals surface area contributed by atoms with E-state index in [1.807, 2.05) is 0 Å². The zero-order chi connectivity index (χ0) is 10.9. The molecule has 15 heavy (non-hydrogen) atoms. The molecule has 0 radical (unpaired) electrons. The van der Waals surface area contributed by atoms with Crippen LogP contribution in [0.2, 0.25) is 0 Å². The number of β-amino-alcohol motifs (C(OH)–C–C–N with tert-alkyl or cyclic N) is 1. The van der Waals surface area contributed by atoms with Crippen LogP contribution >= 0.6 is 0 Å². The van der Waals surface area contributed by atoms with E-state index in [0.717, 1.165) is 0 Å². The molecule has 1 unspecified atom stereocenters. The lowest BCUT2D eigenvalue weighted by Gasteiger charge is -2.48. The highest BCUT2D eigenvalue weighted by molar-refractivity contribution is 5.79. The second kappa shape index (κ2) is 3.73. The molecule has 0 bridgehead atoms. The molecule has 2 fully saturated rings. The predicted octanol–water partition coefficient (Wildman–Crippen LogP) is -0.709. The van der Waals surface area contributed by atoms with Crippen LogP contribution in [-0.4, -0.2) is 49.6 Å². The number of hydrogen-bond acceptors (Lipinski definition) is 5. The van der Waals surface area contributed by atoms with Gasteiger partial charge in [0.2, 0.25) is 0 Å². The second-order valence-electron chi connectivity index (χ2n) is 4.24. The fourth-order valence-electron chi connectivity index (χ4n) is 2.25. The van der Waals surface area contributed by atoms with Crippen LogP contribution in [0.1, 0.15) is 13.3 Å². The molecule has 0 amide bonds. The quantitative estimate of drug-likeness (QED) is 0.609. The molecule has 0 aromatic heterocycles. The van der Waals surface area contributed by atoms with Crippen molar-refractivity contribution in [2.75, 3.05) is 32.9 Å². The van der Waals surface area contributed by atoms with Crippen LogP contribution in [0.15, 0.2) is 0 Å². The number of carbonyl (C=O) groups is 1. The third kappa shape index (κ3) is 1.46. The summed E-state index contributed by atoms with van der Waals surface area (Å²) in [5, 5.41) is 13.3. The minimum absolute atomic E-state index is 0.268. The highest BCUT2D eigenvalue weighted by Crippen LogP contribution is 2.43. The maximum absolute atomic E-state index is 11.9. The highest BCUT2D eigenvalue weighted by Gasteiger charge is 2.61. The Balaban J connectivity index is 2.20. The smallest absolute Gasteiger partial charge is 0.317 e. The van der Waals surface area contributed by atoms with Gasteiger partial charge < -0.3 is 19.9 Å². The van der Waals surface area contributed by atoms with Gasteiger partial charge in [-0.3, -0.25) is 4.79 Å². The van der Waals surface area contributed by atoms with Gasteiger partial charge in [-0.05, 0) is 13.3 Å². The van der Waals surface area contributed by atoms with Gasteiger partial charge in [0, 0.05) is 19.7 Å². The molecule has 0 aromatic rings. The van der Waals surface area contributed by atoms with Gasteiger partial charge in [-0.15, -0.1) is 0 Å². The predicted molar refractivity (Wildman–Crippen MR) is 52.3 cm³/mol. The Morgan fingerprint density at radius 3 is 2.73 bits per heavy atom. The summed E-state index contributed by atoms with van der Waals surface area (Å²) in [6.07, 6.45) is 0.546. The van der Waals surface area contributed by atoms with Crippen LogP contribution < -0.4 is 5.32 Å². The number of ether oxygens (including phenoxy) is 2. The topological polar surface area (TPSA) is 67.8 Å². The first-order valence-electron chi connectivity index (χ1n) is 5.33. The lowest BCUT2D eigenvalue weighted by atomic mass is 9.68. The van der Waals surface area contributed by atoms with E-state index in [9.17, 15) is 9.90 Å². The van der Waals surface area contributed by atoms with Crippen molar-refractivity contribution in [3.63, 3.8) is 0 Å². The van der Waals surface area contributed by atoms with Crippen LogP contribution in [0.25, 0.3) is 0 Å². The van der Waals surface area contributed by atoms with E-state index in [1.54, 1.807) is 6.92 Å². The molecule has 2 rings (SSSR count). The summed E-state index contributed by atoms with van der Waals surface area (Å²) in [5.74, 6) is -0.327. The molecule has 2 aliphatic rings. The molecule has 0 aliphatic carbocycles. The van der Waals surface area contributed by atoms with Crippen molar-refractivity contribution in [1.29, 1.82) is 0 Å². The molecular formula is C10H17NO4.